The van der Waals surface area contributed by atoms with Crippen LogP contribution < -0.4 is 5.56 Å². The molecule has 0 aliphatic carbocycles. The number of aromatic nitrogens is 4. The normalized spacial score (nSPS) is 11.6. The fourth-order valence-electron chi connectivity index (χ4n) is 2.68. The number of hydrogen-bond donors (Lipinski definition) is 0. The smallest absolute Gasteiger partial charge is 0.262 e. The van der Waals surface area contributed by atoms with Crippen molar-refractivity contribution in [1.82, 2.24) is 18.9 Å². The summed E-state index contributed by atoms with van der Waals surface area (Å²) in [4.78, 5) is 23.6. The molecule has 4 aromatic rings. The molecule has 6 heteroatoms. The van der Waals surface area contributed by atoms with Crippen LogP contribution in [0.1, 0.15) is 23.1 Å². The Labute approximate surface area is 136 Å². The van der Waals surface area contributed by atoms with Gasteiger partial charge in [-0.3, -0.25) is 9.36 Å². The van der Waals surface area contributed by atoms with Gasteiger partial charge in [0.05, 0.1) is 24.0 Å². The van der Waals surface area contributed by atoms with E-state index in [0.717, 1.165) is 22.6 Å². The lowest BCUT2D eigenvalue weighted by atomic mass is 10.3. The fraction of sp³-hybridized carbons (Fsp3) is 0.235. The quantitative estimate of drug-likeness (QED) is 0.582. The Hall–Kier alpha value is -2.47. The van der Waals surface area contributed by atoms with E-state index < -0.39 is 0 Å². The monoisotopic (exact) mass is 324 g/mol. The van der Waals surface area contributed by atoms with E-state index in [0.29, 0.717) is 11.9 Å². The first-order valence-electron chi connectivity index (χ1n) is 7.56. The number of fused-ring (bicyclic) bond motifs is 2. The Morgan fingerprint density at radius 2 is 2.17 bits per heavy atom. The van der Waals surface area contributed by atoms with Crippen LogP contribution in [0.2, 0.25) is 0 Å². The van der Waals surface area contributed by atoms with Gasteiger partial charge in [0.25, 0.3) is 5.56 Å². The number of aryl methyl sites for hydroxylation is 2. The molecule has 116 valence electrons. The molecular formula is C17H16N4OS. The molecule has 0 N–H and O–H groups in total. The van der Waals surface area contributed by atoms with E-state index in [1.807, 2.05) is 41.9 Å². The van der Waals surface area contributed by atoms with Crippen LogP contribution in [0.3, 0.4) is 0 Å². The number of rotatable bonds is 3. The van der Waals surface area contributed by atoms with E-state index in [2.05, 4.69) is 16.9 Å². The number of imidazole rings is 1. The second-order valence-corrected chi connectivity index (χ2v) is 6.78. The molecule has 0 aromatic carbocycles. The molecule has 0 bridgehead atoms. The molecule has 0 amide bonds. The summed E-state index contributed by atoms with van der Waals surface area (Å²) in [7, 11) is 0. The van der Waals surface area contributed by atoms with Crippen LogP contribution in [0.25, 0.3) is 15.9 Å². The first kappa shape index (κ1) is 14.1. The van der Waals surface area contributed by atoms with Crippen LogP contribution in [0, 0.1) is 6.92 Å². The standard InChI is InChI=1S/C17H16N4OS/c1-3-13-7-14-16(23-13)18-10-21(17(14)22)9-12-8-20-5-4-11(2)6-15(20)19-12/h4-8,10H,3,9H2,1-2H3. The molecule has 0 radical (unpaired) electrons. The van der Waals surface area contributed by atoms with E-state index in [9.17, 15) is 4.79 Å². The average molecular weight is 324 g/mol. The largest absolute Gasteiger partial charge is 0.307 e. The predicted molar refractivity (Wildman–Crippen MR) is 92.3 cm³/mol. The Bertz CT molecular complexity index is 1070. The molecule has 0 aliphatic heterocycles. The summed E-state index contributed by atoms with van der Waals surface area (Å²) in [5.41, 5.74) is 2.91. The molecule has 0 saturated heterocycles. The Morgan fingerprint density at radius 1 is 1.30 bits per heavy atom. The molecule has 0 atom stereocenters. The van der Waals surface area contributed by atoms with Crippen molar-refractivity contribution in [2.45, 2.75) is 26.8 Å². The van der Waals surface area contributed by atoms with Crippen LogP contribution in [0.15, 0.2) is 41.7 Å². The summed E-state index contributed by atoms with van der Waals surface area (Å²) in [5, 5.41) is 0.703. The Morgan fingerprint density at radius 3 is 3.00 bits per heavy atom. The SMILES string of the molecule is CCc1cc2c(=O)n(Cc3cn4ccc(C)cc4n3)cnc2s1. The summed E-state index contributed by atoms with van der Waals surface area (Å²) < 4.78 is 3.60. The van der Waals surface area contributed by atoms with Crippen LogP contribution in [-0.4, -0.2) is 18.9 Å². The van der Waals surface area contributed by atoms with Gasteiger partial charge in [0, 0.05) is 17.3 Å². The number of thiophene rings is 1. The zero-order valence-corrected chi connectivity index (χ0v) is 13.8. The maximum atomic E-state index is 12.6. The average Bonchev–Trinajstić information content (AvgIpc) is 3.13. The lowest BCUT2D eigenvalue weighted by molar-refractivity contribution is 0.735. The van der Waals surface area contributed by atoms with Gasteiger partial charge >= 0.3 is 0 Å². The fourth-order valence-corrected chi connectivity index (χ4v) is 3.61. The summed E-state index contributed by atoms with van der Waals surface area (Å²) >= 11 is 1.59. The highest BCUT2D eigenvalue weighted by Gasteiger charge is 2.10. The molecule has 4 rings (SSSR count). The molecule has 4 heterocycles. The maximum Gasteiger partial charge on any atom is 0.262 e. The third-order valence-electron chi connectivity index (χ3n) is 3.92. The van der Waals surface area contributed by atoms with Crippen LogP contribution in [-0.2, 0) is 13.0 Å². The lowest BCUT2D eigenvalue weighted by Crippen LogP contribution is -2.20. The van der Waals surface area contributed by atoms with Crippen LogP contribution in [0.4, 0.5) is 0 Å². The Balaban J connectivity index is 1.76. The molecule has 0 unspecified atom stereocenters. The predicted octanol–water partition coefficient (Wildman–Crippen LogP) is 3.02. The second kappa shape index (κ2) is 5.31. The minimum Gasteiger partial charge on any atom is -0.307 e. The maximum absolute atomic E-state index is 12.6. The second-order valence-electron chi connectivity index (χ2n) is 5.66. The summed E-state index contributed by atoms with van der Waals surface area (Å²) in [6, 6.07) is 6.02. The zero-order chi connectivity index (χ0) is 16.0. The molecule has 23 heavy (non-hydrogen) atoms. The van der Waals surface area contributed by atoms with E-state index >= 15 is 0 Å². The van der Waals surface area contributed by atoms with Crippen molar-refractivity contribution in [3.05, 3.63) is 63.4 Å². The molecule has 0 spiro atoms. The first-order chi connectivity index (χ1) is 11.1. The molecule has 5 nitrogen and oxygen atoms in total. The van der Waals surface area contributed by atoms with E-state index in [1.54, 1.807) is 22.2 Å². The third-order valence-corrected chi connectivity index (χ3v) is 5.10. The Kier molecular flexibility index (Phi) is 3.27. The van der Waals surface area contributed by atoms with Gasteiger partial charge in [0.1, 0.15) is 10.5 Å². The molecule has 4 aromatic heterocycles. The van der Waals surface area contributed by atoms with Gasteiger partial charge in [-0.2, -0.15) is 0 Å². The van der Waals surface area contributed by atoms with Crippen molar-refractivity contribution in [1.29, 1.82) is 0 Å². The van der Waals surface area contributed by atoms with Gasteiger partial charge in [-0.1, -0.05) is 6.92 Å². The number of pyridine rings is 1. The van der Waals surface area contributed by atoms with Crippen molar-refractivity contribution in [2.75, 3.05) is 0 Å². The summed E-state index contributed by atoms with van der Waals surface area (Å²) in [6.07, 6.45) is 6.48. The van der Waals surface area contributed by atoms with E-state index in [4.69, 9.17) is 0 Å². The number of hydrogen-bond acceptors (Lipinski definition) is 4. The van der Waals surface area contributed by atoms with Gasteiger partial charge in [-0.25, -0.2) is 9.97 Å². The molecule has 0 fully saturated rings. The van der Waals surface area contributed by atoms with Crippen molar-refractivity contribution in [3.63, 3.8) is 0 Å². The van der Waals surface area contributed by atoms with E-state index in [1.165, 1.54) is 10.4 Å². The molecule has 0 aliphatic rings. The highest BCUT2D eigenvalue weighted by molar-refractivity contribution is 7.18. The lowest BCUT2D eigenvalue weighted by Gasteiger charge is -2.01. The van der Waals surface area contributed by atoms with E-state index in [-0.39, 0.29) is 5.56 Å². The van der Waals surface area contributed by atoms with Gasteiger partial charge in [-0.05, 0) is 37.1 Å². The van der Waals surface area contributed by atoms with Gasteiger partial charge in [0.2, 0.25) is 0 Å². The van der Waals surface area contributed by atoms with Crippen molar-refractivity contribution < 1.29 is 0 Å². The minimum absolute atomic E-state index is 0.000753. The molecule has 0 saturated carbocycles. The van der Waals surface area contributed by atoms with Crippen molar-refractivity contribution >= 4 is 27.2 Å². The zero-order valence-electron chi connectivity index (χ0n) is 13.0. The van der Waals surface area contributed by atoms with Crippen molar-refractivity contribution in [2.24, 2.45) is 0 Å². The highest BCUT2D eigenvalue weighted by Crippen LogP contribution is 2.21. The molecular weight excluding hydrogens is 308 g/mol. The third kappa shape index (κ3) is 2.45. The van der Waals surface area contributed by atoms with Gasteiger partial charge in [-0.15, -0.1) is 11.3 Å². The van der Waals surface area contributed by atoms with Crippen molar-refractivity contribution in [3.8, 4) is 0 Å². The number of nitrogens with zero attached hydrogens (tertiary/aromatic N) is 4. The van der Waals surface area contributed by atoms with Gasteiger partial charge in [0.15, 0.2) is 0 Å². The summed E-state index contributed by atoms with van der Waals surface area (Å²) in [5.74, 6) is 0. The van der Waals surface area contributed by atoms with Crippen LogP contribution in [0.5, 0.6) is 0 Å². The highest BCUT2D eigenvalue weighted by atomic mass is 32.1. The topological polar surface area (TPSA) is 52.2 Å². The first-order valence-corrected chi connectivity index (χ1v) is 8.38. The van der Waals surface area contributed by atoms with Crippen LogP contribution >= 0.6 is 11.3 Å². The minimum atomic E-state index is -0.000753. The summed E-state index contributed by atoms with van der Waals surface area (Å²) in [6.45, 7) is 4.56. The van der Waals surface area contributed by atoms with Gasteiger partial charge < -0.3 is 4.40 Å².